The molecule has 0 aliphatic heterocycles. The van der Waals surface area contributed by atoms with Crippen molar-refractivity contribution >= 4 is 45.6 Å². The lowest BCUT2D eigenvalue weighted by atomic mass is 9.62. The molecule has 2 N–H and O–H groups in total. The molecule has 58 heavy (non-hydrogen) atoms. The molecule has 1 aliphatic carbocycles. The Balaban J connectivity index is 1.34. The Hall–Kier alpha value is -5.32. The molecule has 2 atom stereocenters. The summed E-state index contributed by atoms with van der Waals surface area (Å²) < 4.78 is 0. The van der Waals surface area contributed by atoms with Gasteiger partial charge in [-0.1, -0.05) is 186 Å². The molecule has 0 fully saturated rings. The molecule has 0 spiro atoms. The third-order valence-corrected chi connectivity index (χ3v) is 21.2. The van der Waals surface area contributed by atoms with Crippen LogP contribution in [0.15, 0.2) is 152 Å². The van der Waals surface area contributed by atoms with Crippen molar-refractivity contribution in [2.45, 2.75) is 83.2 Å². The van der Waals surface area contributed by atoms with Crippen molar-refractivity contribution in [2.24, 2.45) is 0 Å². The summed E-state index contributed by atoms with van der Waals surface area (Å²) >= 11 is 0. The Labute approximate surface area is 344 Å². The number of fused-ring (bicyclic) bond motifs is 5. The average Bonchev–Trinajstić information content (AvgIpc) is 3.22. The standard InChI is InChI=1S/C55H54O2Si/c1-34(2)58(35(3)4,36(5)6)43-27-25-39-23-24-40(31-42(39)32-43)41-26-30-52-53(33-41)55(57,49-29-22-38(8)45-16-10-12-18-47(45)49)51-20-14-13-19-50(51)54(52,56)48-28-21-37(7)44-15-9-11-17-46(44)48/h9-36,56-57H,1-8H3. The highest BCUT2D eigenvalue weighted by atomic mass is 28.3. The lowest BCUT2D eigenvalue weighted by molar-refractivity contribution is 0.0764. The molecular weight excluding hydrogens is 721 g/mol. The minimum Gasteiger partial charge on any atom is -0.376 e. The van der Waals surface area contributed by atoms with E-state index in [2.05, 4.69) is 171 Å². The van der Waals surface area contributed by atoms with Gasteiger partial charge in [0.1, 0.15) is 11.2 Å². The summed E-state index contributed by atoms with van der Waals surface area (Å²) in [6, 6.07) is 53.4. The van der Waals surface area contributed by atoms with Crippen LogP contribution < -0.4 is 5.19 Å². The van der Waals surface area contributed by atoms with Gasteiger partial charge in [0.05, 0.1) is 8.07 Å². The minimum absolute atomic E-state index is 0.608. The van der Waals surface area contributed by atoms with Crippen molar-refractivity contribution in [3.8, 4) is 11.1 Å². The van der Waals surface area contributed by atoms with Gasteiger partial charge in [0, 0.05) is 16.7 Å². The van der Waals surface area contributed by atoms with E-state index >= 15 is 0 Å². The van der Waals surface area contributed by atoms with Crippen LogP contribution in [0.2, 0.25) is 16.6 Å². The molecule has 8 aromatic rings. The number of aliphatic hydroxyl groups is 2. The fourth-order valence-electron chi connectivity index (χ4n) is 11.5. The number of rotatable bonds is 7. The first-order chi connectivity index (χ1) is 27.8. The summed E-state index contributed by atoms with van der Waals surface area (Å²) in [6.45, 7) is 18.8. The van der Waals surface area contributed by atoms with Gasteiger partial charge in [-0.2, -0.15) is 0 Å². The predicted molar refractivity (Wildman–Crippen MR) is 248 cm³/mol. The summed E-state index contributed by atoms with van der Waals surface area (Å²) in [5.41, 5.74) is 7.41. The highest BCUT2D eigenvalue weighted by molar-refractivity contribution is 6.95. The van der Waals surface area contributed by atoms with Crippen molar-refractivity contribution in [1.29, 1.82) is 0 Å². The van der Waals surface area contributed by atoms with Gasteiger partial charge in [-0.05, 0) is 114 Å². The molecule has 0 amide bonds. The second-order valence-electron chi connectivity index (χ2n) is 17.9. The topological polar surface area (TPSA) is 40.5 Å². The van der Waals surface area contributed by atoms with Crippen molar-refractivity contribution in [3.63, 3.8) is 0 Å². The molecule has 2 nitrogen and oxygen atoms in total. The molecule has 9 rings (SSSR count). The van der Waals surface area contributed by atoms with Crippen LogP contribution >= 0.6 is 0 Å². The van der Waals surface area contributed by atoms with Crippen molar-refractivity contribution in [1.82, 2.24) is 0 Å². The van der Waals surface area contributed by atoms with Gasteiger partial charge >= 0.3 is 0 Å². The van der Waals surface area contributed by atoms with E-state index in [4.69, 9.17) is 0 Å². The van der Waals surface area contributed by atoms with Crippen LogP contribution in [0.25, 0.3) is 43.4 Å². The quantitative estimate of drug-likeness (QED) is 0.158. The number of hydrogen-bond donors (Lipinski definition) is 2. The third kappa shape index (κ3) is 5.37. The SMILES string of the molecule is Cc1ccc(C2(O)c3ccccc3C(O)(c3ccc(C)c4ccccc34)c3cc(-c4ccc5ccc([Si](C(C)C)(C(C)C)C(C)C)cc5c4)ccc32)c2ccccc12. The predicted octanol–water partition coefficient (Wildman–Crippen LogP) is 13.2. The van der Waals surface area contributed by atoms with Gasteiger partial charge in [-0.15, -0.1) is 0 Å². The molecule has 0 saturated heterocycles. The summed E-state index contributed by atoms with van der Waals surface area (Å²) in [4.78, 5) is 0. The van der Waals surface area contributed by atoms with Crippen LogP contribution in [0.3, 0.4) is 0 Å². The molecule has 8 aromatic carbocycles. The number of hydrogen-bond acceptors (Lipinski definition) is 2. The normalized spacial score (nSPS) is 18.1. The molecule has 0 saturated carbocycles. The van der Waals surface area contributed by atoms with E-state index in [0.29, 0.717) is 38.9 Å². The third-order valence-electron chi connectivity index (χ3n) is 14.1. The van der Waals surface area contributed by atoms with Crippen LogP contribution in [0.5, 0.6) is 0 Å². The maximum Gasteiger partial charge on any atom is 0.141 e. The Morgan fingerprint density at radius 3 is 1.33 bits per heavy atom. The molecule has 0 heterocycles. The lowest BCUT2D eigenvalue weighted by Gasteiger charge is -2.46. The highest BCUT2D eigenvalue weighted by Gasteiger charge is 2.52. The Bertz CT molecular complexity index is 2880. The van der Waals surface area contributed by atoms with E-state index in [9.17, 15) is 10.2 Å². The summed E-state index contributed by atoms with van der Waals surface area (Å²) in [7, 11) is -1.89. The van der Waals surface area contributed by atoms with Gasteiger partial charge in [-0.25, -0.2) is 0 Å². The molecular formula is C55H54O2Si. The summed E-state index contributed by atoms with van der Waals surface area (Å²) in [5.74, 6) is 0. The molecule has 1 aliphatic rings. The Kier molecular flexibility index (Phi) is 9.16. The molecule has 0 aromatic heterocycles. The van der Waals surface area contributed by atoms with Gasteiger partial charge in [-0.3, -0.25) is 0 Å². The summed E-state index contributed by atoms with van der Waals surface area (Å²) in [5, 5.41) is 35.8. The highest BCUT2D eigenvalue weighted by Crippen LogP contribution is 2.56. The number of aryl methyl sites for hydroxylation is 2. The van der Waals surface area contributed by atoms with E-state index in [-0.39, 0.29) is 0 Å². The lowest BCUT2D eigenvalue weighted by Crippen LogP contribution is -2.55. The van der Waals surface area contributed by atoms with E-state index in [1.165, 1.54) is 16.0 Å². The second kappa shape index (κ2) is 13.9. The van der Waals surface area contributed by atoms with Gasteiger partial charge in [0.25, 0.3) is 0 Å². The zero-order valence-corrected chi connectivity index (χ0v) is 36.1. The largest absolute Gasteiger partial charge is 0.376 e. The maximum atomic E-state index is 13.9. The van der Waals surface area contributed by atoms with Crippen LogP contribution in [0.4, 0.5) is 0 Å². The fourth-order valence-corrected chi connectivity index (χ4v) is 18.3. The fraction of sp³-hybridized carbons (Fsp3) is 0.236. The van der Waals surface area contributed by atoms with Crippen LogP contribution in [-0.4, -0.2) is 18.3 Å². The molecule has 0 bridgehead atoms. The van der Waals surface area contributed by atoms with Crippen LogP contribution in [-0.2, 0) is 11.2 Å². The molecule has 290 valence electrons. The Morgan fingerprint density at radius 2 is 0.793 bits per heavy atom. The zero-order chi connectivity index (χ0) is 40.7. The van der Waals surface area contributed by atoms with Crippen LogP contribution in [0, 0.1) is 13.8 Å². The van der Waals surface area contributed by atoms with Gasteiger partial charge in [0.15, 0.2) is 0 Å². The monoisotopic (exact) mass is 774 g/mol. The molecule has 0 radical (unpaired) electrons. The zero-order valence-electron chi connectivity index (χ0n) is 35.1. The van der Waals surface area contributed by atoms with E-state index in [1.54, 1.807) is 0 Å². The first-order valence-corrected chi connectivity index (χ1v) is 23.3. The van der Waals surface area contributed by atoms with Crippen LogP contribution in [0.1, 0.15) is 86.1 Å². The number of benzene rings is 8. The molecule has 2 unspecified atom stereocenters. The van der Waals surface area contributed by atoms with E-state index in [1.807, 2.05) is 36.4 Å². The molecule has 3 heteroatoms. The Morgan fingerprint density at radius 1 is 0.379 bits per heavy atom. The smallest absolute Gasteiger partial charge is 0.141 e. The van der Waals surface area contributed by atoms with E-state index in [0.717, 1.165) is 54.9 Å². The average molecular weight is 775 g/mol. The summed E-state index contributed by atoms with van der Waals surface area (Å²) in [6.07, 6.45) is 0. The van der Waals surface area contributed by atoms with Gasteiger partial charge in [0.2, 0.25) is 0 Å². The van der Waals surface area contributed by atoms with Gasteiger partial charge < -0.3 is 10.2 Å². The minimum atomic E-state index is -1.89. The van der Waals surface area contributed by atoms with Crippen molar-refractivity contribution in [2.75, 3.05) is 0 Å². The first-order valence-electron chi connectivity index (χ1n) is 21.0. The van der Waals surface area contributed by atoms with E-state index < -0.39 is 19.3 Å². The second-order valence-corrected chi connectivity index (χ2v) is 23.8. The van der Waals surface area contributed by atoms with Crippen molar-refractivity contribution in [3.05, 3.63) is 196 Å². The first kappa shape index (κ1) is 38.2. The van der Waals surface area contributed by atoms with Crippen molar-refractivity contribution < 1.29 is 10.2 Å². The maximum absolute atomic E-state index is 13.9.